The summed E-state index contributed by atoms with van der Waals surface area (Å²) in [6.45, 7) is 0. The second-order valence-corrected chi connectivity index (χ2v) is 3.21. The van der Waals surface area contributed by atoms with Crippen LogP contribution in [-0.2, 0) is 7.05 Å². The van der Waals surface area contributed by atoms with Gasteiger partial charge in [-0.2, -0.15) is 10.2 Å². The number of ketones is 1. The molecule has 16 heavy (non-hydrogen) atoms. The number of hydrogen-bond donors (Lipinski definition) is 2. The first-order valence-electron chi connectivity index (χ1n) is 4.54. The number of aromatic nitrogens is 4. The molecule has 0 aliphatic heterocycles. The van der Waals surface area contributed by atoms with Crippen LogP contribution in [0.15, 0.2) is 12.4 Å². The van der Waals surface area contributed by atoms with E-state index < -0.39 is 0 Å². The summed E-state index contributed by atoms with van der Waals surface area (Å²) in [6.07, 6.45) is 2.85. The Bertz CT molecular complexity index is 528. The van der Waals surface area contributed by atoms with Crippen molar-refractivity contribution in [2.75, 3.05) is 12.8 Å². The molecule has 0 aliphatic carbocycles. The van der Waals surface area contributed by atoms with Gasteiger partial charge in [-0.1, -0.05) is 0 Å². The van der Waals surface area contributed by atoms with E-state index in [0.29, 0.717) is 17.0 Å². The third-order valence-corrected chi connectivity index (χ3v) is 2.25. The molecule has 0 saturated heterocycles. The molecule has 0 unspecified atom stereocenters. The first kappa shape index (κ1) is 10.2. The number of rotatable bonds is 3. The molecule has 7 heteroatoms. The second-order valence-electron chi connectivity index (χ2n) is 3.21. The third-order valence-electron chi connectivity index (χ3n) is 2.25. The summed E-state index contributed by atoms with van der Waals surface area (Å²) in [4.78, 5) is 12.1. The van der Waals surface area contributed by atoms with Gasteiger partial charge in [0, 0.05) is 7.05 Å². The van der Waals surface area contributed by atoms with E-state index in [1.54, 1.807) is 7.05 Å². The Morgan fingerprint density at radius 1 is 1.56 bits per heavy atom. The number of anilines is 1. The minimum absolute atomic E-state index is 0.230. The topological polar surface area (TPSA) is 98.8 Å². The Morgan fingerprint density at radius 3 is 2.88 bits per heavy atom. The van der Waals surface area contributed by atoms with Crippen molar-refractivity contribution in [1.82, 2.24) is 20.0 Å². The van der Waals surface area contributed by atoms with Gasteiger partial charge in [-0.05, 0) is 0 Å². The Hall–Kier alpha value is -2.31. The molecule has 84 valence electrons. The highest BCUT2D eigenvalue weighted by Crippen LogP contribution is 2.21. The summed E-state index contributed by atoms with van der Waals surface area (Å²) in [6, 6.07) is 0. The van der Waals surface area contributed by atoms with Crippen LogP contribution in [0.2, 0.25) is 0 Å². The van der Waals surface area contributed by atoms with Gasteiger partial charge in [0.05, 0.1) is 25.1 Å². The Labute approximate surface area is 91.2 Å². The van der Waals surface area contributed by atoms with Crippen LogP contribution in [0.4, 0.5) is 5.82 Å². The average molecular weight is 221 g/mol. The lowest BCUT2D eigenvalue weighted by molar-refractivity contribution is 0.102. The summed E-state index contributed by atoms with van der Waals surface area (Å²) in [5.41, 5.74) is 6.23. The van der Waals surface area contributed by atoms with Crippen molar-refractivity contribution in [3.63, 3.8) is 0 Å². The number of nitrogens with zero attached hydrogens (tertiary/aromatic N) is 3. The van der Waals surface area contributed by atoms with Crippen LogP contribution in [0.5, 0.6) is 5.75 Å². The molecular weight excluding hydrogens is 210 g/mol. The van der Waals surface area contributed by atoms with Gasteiger partial charge in [-0.3, -0.25) is 14.6 Å². The van der Waals surface area contributed by atoms with Crippen LogP contribution in [0.25, 0.3) is 0 Å². The fourth-order valence-corrected chi connectivity index (χ4v) is 1.43. The SMILES string of the molecule is COc1cnn(C)c1C(=O)c1cn[nH]c1N. The summed E-state index contributed by atoms with van der Waals surface area (Å²) >= 11 is 0. The van der Waals surface area contributed by atoms with Crippen molar-refractivity contribution in [3.05, 3.63) is 23.7 Å². The van der Waals surface area contributed by atoms with Crippen molar-refractivity contribution < 1.29 is 9.53 Å². The minimum atomic E-state index is -0.275. The normalized spacial score (nSPS) is 10.4. The number of carbonyl (C=O) groups excluding carboxylic acids is 1. The third kappa shape index (κ3) is 1.42. The van der Waals surface area contributed by atoms with E-state index in [0.717, 1.165) is 0 Å². The summed E-state index contributed by atoms with van der Waals surface area (Å²) in [5.74, 6) is 0.365. The zero-order valence-electron chi connectivity index (χ0n) is 8.89. The fraction of sp³-hybridized carbons (Fsp3) is 0.222. The standard InChI is InChI=1S/C9H11N5O2/c1-14-7(6(16-2)4-12-14)8(15)5-3-11-13-9(5)10/h3-4H,1-2H3,(H3,10,11,13). The highest BCUT2D eigenvalue weighted by molar-refractivity contribution is 6.11. The van der Waals surface area contributed by atoms with Gasteiger partial charge in [0.15, 0.2) is 11.4 Å². The molecule has 2 aromatic heterocycles. The number of ether oxygens (including phenoxy) is 1. The van der Waals surface area contributed by atoms with Gasteiger partial charge in [-0.15, -0.1) is 0 Å². The lowest BCUT2D eigenvalue weighted by Gasteiger charge is -2.03. The van der Waals surface area contributed by atoms with E-state index in [4.69, 9.17) is 10.5 Å². The molecule has 0 aliphatic rings. The van der Waals surface area contributed by atoms with Crippen LogP contribution in [0.1, 0.15) is 16.1 Å². The maximum Gasteiger partial charge on any atom is 0.220 e. The molecule has 7 nitrogen and oxygen atoms in total. The van der Waals surface area contributed by atoms with E-state index in [1.165, 1.54) is 24.2 Å². The summed E-state index contributed by atoms with van der Waals surface area (Å²) in [7, 11) is 3.14. The number of H-pyrrole nitrogens is 1. The average Bonchev–Trinajstić information content (AvgIpc) is 2.83. The van der Waals surface area contributed by atoms with Gasteiger partial charge < -0.3 is 10.5 Å². The Kier molecular flexibility index (Phi) is 2.35. The molecule has 3 N–H and O–H groups in total. The van der Waals surface area contributed by atoms with Gasteiger partial charge >= 0.3 is 0 Å². The highest BCUT2D eigenvalue weighted by Gasteiger charge is 2.22. The van der Waals surface area contributed by atoms with Crippen molar-refractivity contribution in [2.24, 2.45) is 7.05 Å². The molecule has 0 radical (unpaired) electrons. The summed E-state index contributed by atoms with van der Waals surface area (Å²) in [5, 5.41) is 10.1. The highest BCUT2D eigenvalue weighted by atomic mass is 16.5. The lowest BCUT2D eigenvalue weighted by Crippen LogP contribution is -2.10. The van der Waals surface area contributed by atoms with Gasteiger partial charge in [0.1, 0.15) is 5.82 Å². The van der Waals surface area contributed by atoms with E-state index >= 15 is 0 Å². The van der Waals surface area contributed by atoms with Gasteiger partial charge in [-0.25, -0.2) is 0 Å². The number of hydrogen-bond acceptors (Lipinski definition) is 5. The largest absolute Gasteiger partial charge is 0.493 e. The quantitative estimate of drug-likeness (QED) is 0.709. The Balaban J connectivity index is 2.49. The molecule has 2 heterocycles. The number of aromatic amines is 1. The first-order chi connectivity index (χ1) is 7.65. The molecule has 0 atom stereocenters. The number of nitrogens with two attached hydrogens (primary N) is 1. The van der Waals surface area contributed by atoms with Crippen LogP contribution in [0.3, 0.4) is 0 Å². The predicted octanol–water partition coefficient (Wildman–Crippen LogP) is -0.0350. The van der Waals surface area contributed by atoms with Crippen molar-refractivity contribution in [1.29, 1.82) is 0 Å². The van der Waals surface area contributed by atoms with Gasteiger partial charge in [0.2, 0.25) is 5.78 Å². The molecule has 0 aromatic carbocycles. The number of nitrogen functional groups attached to an aromatic ring is 1. The zero-order chi connectivity index (χ0) is 11.7. The second kappa shape index (κ2) is 3.69. The van der Waals surface area contributed by atoms with Crippen molar-refractivity contribution >= 4 is 11.6 Å². The first-order valence-corrected chi connectivity index (χ1v) is 4.54. The van der Waals surface area contributed by atoms with E-state index in [-0.39, 0.29) is 11.6 Å². The maximum absolute atomic E-state index is 12.1. The number of methoxy groups -OCH3 is 1. The molecule has 0 fully saturated rings. The summed E-state index contributed by atoms with van der Waals surface area (Å²) < 4.78 is 6.49. The smallest absolute Gasteiger partial charge is 0.220 e. The van der Waals surface area contributed by atoms with Crippen LogP contribution in [0, 0.1) is 0 Å². The number of carbonyl (C=O) groups is 1. The molecule has 2 aromatic rings. The fourth-order valence-electron chi connectivity index (χ4n) is 1.43. The van der Waals surface area contributed by atoms with Gasteiger partial charge in [0.25, 0.3) is 0 Å². The molecule has 0 amide bonds. The van der Waals surface area contributed by atoms with E-state index in [2.05, 4.69) is 15.3 Å². The van der Waals surface area contributed by atoms with E-state index in [1.807, 2.05) is 0 Å². The monoisotopic (exact) mass is 221 g/mol. The molecule has 0 saturated carbocycles. The number of nitrogens with one attached hydrogen (secondary N) is 1. The number of aryl methyl sites for hydroxylation is 1. The van der Waals surface area contributed by atoms with Crippen LogP contribution in [-0.4, -0.2) is 32.9 Å². The molecular formula is C9H11N5O2. The van der Waals surface area contributed by atoms with Crippen LogP contribution >= 0.6 is 0 Å². The minimum Gasteiger partial charge on any atom is -0.493 e. The maximum atomic E-state index is 12.1. The zero-order valence-corrected chi connectivity index (χ0v) is 8.89. The predicted molar refractivity (Wildman–Crippen MR) is 56.2 cm³/mol. The van der Waals surface area contributed by atoms with Crippen molar-refractivity contribution in [3.8, 4) is 5.75 Å². The Morgan fingerprint density at radius 2 is 2.31 bits per heavy atom. The molecule has 2 rings (SSSR count). The van der Waals surface area contributed by atoms with E-state index in [9.17, 15) is 4.79 Å². The van der Waals surface area contributed by atoms with Crippen LogP contribution < -0.4 is 10.5 Å². The molecule has 0 spiro atoms. The van der Waals surface area contributed by atoms with Crippen molar-refractivity contribution in [2.45, 2.75) is 0 Å². The molecule has 0 bridgehead atoms. The lowest BCUT2D eigenvalue weighted by atomic mass is 10.1.